The molecule has 0 radical (unpaired) electrons. The number of phenols is 1. The Kier molecular flexibility index (Phi) is 6.64. The maximum absolute atomic E-state index is 13.2. The SMILES string of the molecule is COc1ccc(-c2coc3cc(O[C@@H]4O[C@@H](CO)[C@H](O)[C@H](O)[C@H]4O)c(OC)c(O)c3c2=O)cc1. The number of aromatic hydroxyl groups is 1. The van der Waals surface area contributed by atoms with Gasteiger partial charge in [-0.15, -0.1) is 0 Å². The lowest BCUT2D eigenvalue weighted by Gasteiger charge is -2.39. The van der Waals surface area contributed by atoms with Crippen LogP contribution in [0.4, 0.5) is 0 Å². The van der Waals surface area contributed by atoms with Crippen molar-refractivity contribution in [3.8, 4) is 34.1 Å². The number of aliphatic hydroxyl groups is 4. The lowest BCUT2D eigenvalue weighted by molar-refractivity contribution is -0.277. The molecule has 0 bridgehead atoms. The molecule has 0 unspecified atom stereocenters. The van der Waals surface area contributed by atoms with Gasteiger partial charge in [0.2, 0.25) is 17.5 Å². The van der Waals surface area contributed by atoms with Gasteiger partial charge in [-0.25, -0.2) is 0 Å². The van der Waals surface area contributed by atoms with Crippen LogP contribution in [0.25, 0.3) is 22.1 Å². The van der Waals surface area contributed by atoms with Crippen molar-refractivity contribution in [2.75, 3.05) is 20.8 Å². The quantitative estimate of drug-likeness (QED) is 0.333. The second-order valence-electron chi connectivity index (χ2n) is 7.65. The lowest BCUT2D eigenvalue weighted by atomic mass is 9.99. The number of methoxy groups -OCH3 is 2. The third-order valence-corrected chi connectivity index (χ3v) is 5.66. The van der Waals surface area contributed by atoms with E-state index in [1.54, 1.807) is 24.3 Å². The van der Waals surface area contributed by atoms with Gasteiger partial charge in [-0.1, -0.05) is 12.1 Å². The van der Waals surface area contributed by atoms with E-state index >= 15 is 0 Å². The minimum atomic E-state index is -1.69. The number of aliphatic hydroxyl groups excluding tert-OH is 4. The van der Waals surface area contributed by atoms with Gasteiger partial charge in [-0.2, -0.15) is 0 Å². The standard InChI is InChI=1S/C23H24O11/c1-30-11-5-3-10(4-6-11)12-9-32-13-7-14(22(31-2)19(27)16(13)17(12)25)33-23-21(29)20(28)18(26)15(8-24)34-23/h3-7,9,15,18,20-21,23-24,26-29H,8H2,1-2H3/t15-,18-,20-,21+,23+/m0/s1. The van der Waals surface area contributed by atoms with Crippen molar-refractivity contribution >= 4 is 11.0 Å². The highest BCUT2D eigenvalue weighted by atomic mass is 16.7. The number of ether oxygens (including phenoxy) is 4. The fourth-order valence-corrected chi connectivity index (χ4v) is 3.77. The van der Waals surface area contributed by atoms with Crippen LogP contribution in [-0.2, 0) is 4.74 Å². The first-order valence-corrected chi connectivity index (χ1v) is 10.3. The molecule has 1 fully saturated rings. The van der Waals surface area contributed by atoms with Crippen LogP contribution in [0.1, 0.15) is 0 Å². The predicted octanol–water partition coefficient (Wildman–Crippen LogP) is 0.361. The van der Waals surface area contributed by atoms with E-state index in [9.17, 15) is 30.3 Å². The van der Waals surface area contributed by atoms with E-state index in [2.05, 4.69) is 0 Å². The summed E-state index contributed by atoms with van der Waals surface area (Å²) in [6.07, 6.45) is -6.43. The van der Waals surface area contributed by atoms with Crippen molar-refractivity contribution in [1.82, 2.24) is 0 Å². The van der Waals surface area contributed by atoms with Crippen molar-refractivity contribution < 1.29 is 48.9 Å². The minimum Gasteiger partial charge on any atom is -0.504 e. The van der Waals surface area contributed by atoms with Crippen LogP contribution in [0.5, 0.6) is 23.0 Å². The van der Waals surface area contributed by atoms with E-state index in [0.717, 1.165) is 0 Å². The Morgan fingerprint density at radius 2 is 1.71 bits per heavy atom. The molecule has 2 aromatic carbocycles. The van der Waals surface area contributed by atoms with Crippen LogP contribution in [0.3, 0.4) is 0 Å². The largest absolute Gasteiger partial charge is 0.504 e. The fourth-order valence-electron chi connectivity index (χ4n) is 3.77. The summed E-state index contributed by atoms with van der Waals surface area (Å²) in [5.74, 6) is -0.377. The van der Waals surface area contributed by atoms with Gasteiger partial charge in [0.15, 0.2) is 11.5 Å². The highest BCUT2D eigenvalue weighted by Crippen LogP contribution is 2.43. The molecule has 3 aromatic rings. The molecule has 2 heterocycles. The highest BCUT2D eigenvalue weighted by molar-refractivity contribution is 5.91. The average molecular weight is 476 g/mol. The second kappa shape index (κ2) is 9.49. The van der Waals surface area contributed by atoms with Crippen LogP contribution >= 0.6 is 0 Å². The van der Waals surface area contributed by atoms with Crippen LogP contribution in [0.2, 0.25) is 0 Å². The highest BCUT2D eigenvalue weighted by Gasteiger charge is 2.45. The zero-order valence-corrected chi connectivity index (χ0v) is 18.2. The maximum Gasteiger partial charge on any atom is 0.229 e. The first-order valence-electron chi connectivity index (χ1n) is 10.3. The minimum absolute atomic E-state index is 0.0415. The predicted molar refractivity (Wildman–Crippen MR) is 117 cm³/mol. The lowest BCUT2D eigenvalue weighted by Crippen LogP contribution is -2.60. The van der Waals surface area contributed by atoms with Crippen molar-refractivity contribution in [3.05, 3.63) is 46.8 Å². The van der Waals surface area contributed by atoms with Gasteiger partial charge in [0.25, 0.3) is 0 Å². The third kappa shape index (κ3) is 4.04. The van der Waals surface area contributed by atoms with Gasteiger partial charge in [0.05, 0.1) is 26.4 Å². The molecule has 11 nitrogen and oxygen atoms in total. The Bertz CT molecular complexity index is 1220. The van der Waals surface area contributed by atoms with E-state index in [1.165, 1.54) is 26.5 Å². The first kappa shape index (κ1) is 23.8. The summed E-state index contributed by atoms with van der Waals surface area (Å²) in [4.78, 5) is 13.2. The molecular formula is C23H24O11. The van der Waals surface area contributed by atoms with Crippen LogP contribution in [-0.4, -0.2) is 77.1 Å². The summed E-state index contributed by atoms with van der Waals surface area (Å²) < 4.78 is 26.9. The number of hydrogen-bond donors (Lipinski definition) is 5. The third-order valence-electron chi connectivity index (χ3n) is 5.66. The topological polar surface area (TPSA) is 168 Å². The van der Waals surface area contributed by atoms with Gasteiger partial charge >= 0.3 is 0 Å². The van der Waals surface area contributed by atoms with Gasteiger partial charge < -0.3 is 48.9 Å². The van der Waals surface area contributed by atoms with Gasteiger partial charge in [0, 0.05) is 6.07 Å². The Balaban J connectivity index is 1.76. The molecule has 1 aliphatic rings. The zero-order chi connectivity index (χ0) is 24.6. The molecular weight excluding hydrogens is 452 g/mol. The summed E-state index contributed by atoms with van der Waals surface area (Å²) in [5.41, 5.74) is 0.160. The average Bonchev–Trinajstić information content (AvgIpc) is 2.84. The van der Waals surface area contributed by atoms with Crippen LogP contribution in [0, 0.1) is 0 Å². The molecule has 1 saturated heterocycles. The van der Waals surface area contributed by atoms with Gasteiger partial charge in [-0.3, -0.25) is 4.79 Å². The Hall–Kier alpha value is -3.35. The molecule has 0 saturated carbocycles. The Labute approximate surface area is 192 Å². The van der Waals surface area contributed by atoms with E-state index < -0.39 is 48.5 Å². The molecule has 5 N–H and O–H groups in total. The van der Waals surface area contributed by atoms with Crippen molar-refractivity contribution in [2.45, 2.75) is 30.7 Å². The molecule has 1 aliphatic heterocycles. The van der Waals surface area contributed by atoms with Crippen molar-refractivity contribution in [1.29, 1.82) is 0 Å². The molecule has 11 heteroatoms. The molecule has 182 valence electrons. The number of phenolic OH excluding ortho intramolecular Hbond substituents is 1. The summed E-state index contributed by atoms with van der Waals surface area (Å²) in [7, 11) is 2.75. The number of rotatable bonds is 6. The van der Waals surface area contributed by atoms with E-state index in [1.807, 2.05) is 0 Å². The molecule has 0 spiro atoms. The van der Waals surface area contributed by atoms with Gasteiger partial charge in [0.1, 0.15) is 47.4 Å². The first-order chi connectivity index (χ1) is 16.3. The molecule has 4 rings (SSSR count). The summed E-state index contributed by atoms with van der Waals surface area (Å²) in [6.45, 7) is -0.645. The second-order valence-corrected chi connectivity index (χ2v) is 7.65. The Morgan fingerprint density at radius 1 is 1.00 bits per heavy atom. The fraction of sp³-hybridized carbons (Fsp3) is 0.348. The van der Waals surface area contributed by atoms with Crippen LogP contribution < -0.4 is 19.6 Å². The van der Waals surface area contributed by atoms with E-state index in [0.29, 0.717) is 11.3 Å². The number of fused-ring (bicyclic) bond motifs is 1. The summed E-state index contributed by atoms with van der Waals surface area (Å²) in [6, 6.07) is 7.95. The normalized spacial score (nSPS) is 24.7. The molecule has 1 aromatic heterocycles. The van der Waals surface area contributed by atoms with Crippen molar-refractivity contribution in [3.63, 3.8) is 0 Å². The number of benzene rings is 2. The molecule has 0 aliphatic carbocycles. The Morgan fingerprint density at radius 3 is 2.32 bits per heavy atom. The molecule has 0 amide bonds. The van der Waals surface area contributed by atoms with Crippen LogP contribution in [0.15, 0.2) is 45.8 Å². The summed E-state index contributed by atoms with van der Waals surface area (Å²) in [5, 5.41) is 50.2. The zero-order valence-electron chi connectivity index (χ0n) is 18.2. The van der Waals surface area contributed by atoms with E-state index in [4.69, 9.17) is 23.4 Å². The van der Waals surface area contributed by atoms with Crippen molar-refractivity contribution in [2.24, 2.45) is 0 Å². The summed E-state index contributed by atoms with van der Waals surface area (Å²) >= 11 is 0. The monoisotopic (exact) mass is 476 g/mol. The smallest absolute Gasteiger partial charge is 0.229 e. The molecule has 34 heavy (non-hydrogen) atoms. The maximum atomic E-state index is 13.2. The van der Waals surface area contributed by atoms with E-state index in [-0.39, 0.29) is 28.0 Å². The number of hydrogen-bond acceptors (Lipinski definition) is 11. The molecule has 5 atom stereocenters. The van der Waals surface area contributed by atoms with Gasteiger partial charge in [-0.05, 0) is 17.7 Å².